The van der Waals surface area contributed by atoms with Gasteiger partial charge in [-0.25, -0.2) is 12.8 Å². The van der Waals surface area contributed by atoms with E-state index in [-0.39, 0.29) is 35.2 Å². The van der Waals surface area contributed by atoms with E-state index in [1.807, 2.05) is 6.07 Å². The van der Waals surface area contributed by atoms with E-state index in [0.717, 1.165) is 24.7 Å². The molecule has 1 fully saturated rings. The lowest BCUT2D eigenvalue weighted by Gasteiger charge is -2.25. The molecule has 1 heterocycles. The second-order valence-corrected chi connectivity index (χ2v) is 11.4. The van der Waals surface area contributed by atoms with Crippen molar-refractivity contribution in [2.24, 2.45) is 0 Å². The maximum Gasteiger partial charge on any atom is 0.488 e. The zero-order chi connectivity index (χ0) is 27.2. The van der Waals surface area contributed by atoms with Crippen molar-refractivity contribution in [2.75, 3.05) is 17.6 Å². The van der Waals surface area contributed by atoms with Gasteiger partial charge in [-0.15, -0.1) is 0 Å². The van der Waals surface area contributed by atoms with E-state index in [0.29, 0.717) is 27.8 Å². The van der Waals surface area contributed by atoms with Crippen LogP contribution in [-0.2, 0) is 16.6 Å². The Balaban J connectivity index is 1.70. The monoisotopic (exact) mass is 536 g/mol. The van der Waals surface area contributed by atoms with Crippen molar-refractivity contribution in [1.29, 1.82) is 0 Å². The van der Waals surface area contributed by atoms with Crippen LogP contribution in [0.3, 0.4) is 0 Å². The highest BCUT2D eigenvalue weighted by Gasteiger charge is 2.33. The number of halogens is 1. The van der Waals surface area contributed by atoms with Crippen molar-refractivity contribution in [3.8, 4) is 11.3 Å². The Kier molecular flexibility index (Phi) is 6.76. The fourth-order valence-corrected chi connectivity index (χ4v) is 5.54. The normalized spacial score (nSPS) is 13.5. The Morgan fingerprint density at radius 2 is 1.84 bits per heavy atom. The van der Waals surface area contributed by atoms with Gasteiger partial charge in [0.05, 0.1) is 24.1 Å². The molecule has 0 aliphatic heterocycles. The minimum absolute atomic E-state index is 0.0432. The standard InChI is InChI=1S/C27H26BFN2O6S/c1-30-27(32)25-22-13-21(17-6-7-17)23(14-24(22)37-26(25)18-8-10-20(29)11-9-18)31(38(2,35)36)15-16-4-3-5-19(12-16)28(33)34/h3-5,8-14,17,33-34H,6-7,15H2,1-2H3,(H,30,32). The molecule has 4 aromatic rings. The average Bonchev–Trinajstić information content (AvgIpc) is 3.66. The Hall–Kier alpha value is -3.67. The topological polar surface area (TPSA) is 120 Å². The Morgan fingerprint density at radius 1 is 1.13 bits per heavy atom. The van der Waals surface area contributed by atoms with E-state index < -0.39 is 23.0 Å². The quantitative estimate of drug-likeness (QED) is 0.298. The average molecular weight is 536 g/mol. The van der Waals surface area contributed by atoms with Gasteiger partial charge in [0.2, 0.25) is 10.0 Å². The SMILES string of the molecule is CNC(=O)c1c(-c2ccc(F)cc2)oc2cc(N(Cc3cccc(B(O)O)c3)S(C)(=O)=O)c(C3CC3)cc12. The summed E-state index contributed by atoms with van der Waals surface area (Å²) < 4.78 is 47.1. The summed E-state index contributed by atoms with van der Waals surface area (Å²) in [6.07, 6.45) is 2.86. The van der Waals surface area contributed by atoms with Gasteiger partial charge in [-0.2, -0.15) is 0 Å². The number of benzene rings is 3. The molecule has 3 N–H and O–H groups in total. The first-order valence-electron chi connectivity index (χ1n) is 12.1. The van der Waals surface area contributed by atoms with Gasteiger partial charge in [-0.3, -0.25) is 9.10 Å². The smallest absolute Gasteiger partial charge is 0.455 e. The van der Waals surface area contributed by atoms with E-state index in [1.165, 1.54) is 35.6 Å². The maximum absolute atomic E-state index is 13.6. The van der Waals surface area contributed by atoms with Crippen LogP contribution in [0.5, 0.6) is 0 Å². The van der Waals surface area contributed by atoms with Gasteiger partial charge in [0.25, 0.3) is 5.91 Å². The maximum atomic E-state index is 13.6. The van der Waals surface area contributed by atoms with Crippen molar-refractivity contribution in [1.82, 2.24) is 5.32 Å². The molecule has 1 saturated carbocycles. The third kappa shape index (κ3) is 5.04. The predicted octanol–water partition coefficient (Wildman–Crippen LogP) is 3.12. The third-order valence-corrected chi connectivity index (χ3v) is 7.79. The Morgan fingerprint density at radius 3 is 2.45 bits per heavy atom. The molecular formula is C27H26BFN2O6S. The molecule has 1 aliphatic carbocycles. The molecule has 0 bridgehead atoms. The summed E-state index contributed by atoms with van der Waals surface area (Å²) in [5.41, 5.74) is 3.14. The molecule has 0 unspecified atom stereocenters. The highest BCUT2D eigenvalue weighted by Crippen LogP contribution is 2.48. The highest BCUT2D eigenvalue weighted by atomic mass is 32.2. The zero-order valence-corrected chi connectivity index (χ0v) is 21.6. The van der Waals surface area contributed by atoms with Crippen LogP contribution in [0.4, 0.5) is 10.1 Å². The molecule has 38 heavy (non-hydrogen) atoms. The molecule has 0 atom stereocenters. The van der Waals surface area contributed by atoms with Crippen molar-refractivity contribution in [2.45, 2.75) is 25.3 Å². The summed E-state index contributed by atoms with van der Waals surface area (Å²) in [4.78, 5) is 13.0. The number of anilines is 1. The van der Waals surface area contributed by atoms with Crippen LogP contribution in [0.1, 0.15) is 40.2 Å². The molecule has 8 nitrogen and oxygen atoms in total. The first kappa shape index (κ1) is 26.0. The van der Waals surface area contributed by atoms with Gasteiger partial charge < -0.3 is 19.8 Å². The van der Waals surface area contributed by atoms with E-state index >= 15 is 0 Å². The lowest BCUT2D eigenvalue weighted by atomic mass is 9.79. The number of sulfonamides is 1. The van der Waals surface area contributed by atoms with Crippen molar-refractivity contribution in [3.63, 3.8) is 0 Å². The predicted molar refractivity (Wildman–Crippen MR) is 144 cm³/mol. The first-order chi connectivity index (χ1) is 18.1. The lowest BCUT2D eigenvalue weighted by Crippen LogP contribution is -2.33. The number of rotatable bonds is 8. The summed E-state index contributed by atoms with van der Waals surface area (Å²) in [7, 11) is -3.96. The minimum atomic E-state index is -3.78. The van der Waals surface area contributed by atoms with Gasteiger partial charge in [-0.1, -0.05) is 24.3 Å². The highest BCUT2D eigenvalue weighted by molar-refractivity contribution is 7.92. The van der Waals surface area contributed by atoms with Crippen LogP contribution in [0, 0.1) is 5.82 Å². The van der Waals surface area contributed by atoms with Crippen LogP contribution in [-0.4, -0.2) is 44.8 Å². The summed E-state index contributed by atoms with van der Waals surface area (Å²) in [6, 6.07) is 15.5. The van der Waals surface area contributed by atoms with Crippen molar-refractivity contribution >= 4 is 45.2 Å². The number of carbonyl (C=O) groups excluding carboxylic acids is 1. The minimum Gasteiger partial charge on any atom is -0.455 e. The van der Waals surface area contributed by atoms with Crippen LogP contribution < -0.4 is 15.1 Å². The number of hydrogen-bond donors (Lipinski definition) is 3. The van der Waals surface area contributed by atoms with Crippen molar-refractivity contribution in [3.05, 3.63) is 83.2 Å². The second-order valence-electron chi connectivity index (χ2n) is 9.46. The Bertz CT molecular complexity index is 1630. The van der Waals surface area contributed by atoms with Gasteiger partial charge in [0, 0.05) is 24.1 Å². The van der Waals surface area contributed by atoms with Gasteiger partial charge >= 0.3 is 7.12 Å². The number of carbonyl (C=O) groups is 1. The summed E-state index contributed by atoms with van der Waals surface area (Å²) >= 11 is 0. The lowest BCUT2D eigenvalue weighted by molar-refractivity contribution is 0.0964. The molecule has 0 spiro atoms. The van der Waals surface area contributed by atoms with Crippen LogP contribution in [0.15, 0.2) is 65.1 Å². The molecular weight excluding hydrogens is 510 g/mol. The molecule has 1 aliphatic rings. The van der Waals surface area contributed by atoms with E-state index in [4.69, 9.17) is 4.42 Å². The number of hydrogen-bond acceptors (Lipinski definition) is 6. The Labute approximate surface area is 219 Å². The molecule has 0 saturated heterocycles. The van der Waals surface area contributed by atoms with Crippen LogP contribution in [0.25, 0.3) is 22.3 Å². The van der Waals surface area contributed by atoms with E-state index in [1.54, 1.807) is 30.3 Å². The summed E-state index contributed by atoms with van der Waals surface area (Å²) in [5.74, 6) is -0.428. The molecule has 196 valence electrons. The van der Waals surface area contributed by atoms with Gasteiger partial charge in [0.1, 0.15) is 17.2 Å². The third-order valence-electron chi connectivity index (χ3n) is 6.66. The first-order valence-corrected chi connectivity index (χ1v) is 13.9. The fraction of sp³-hybridized carbons (Fsp3) is 0.222. The number of furan rings is 1. The molecule has 0 radical (unpaired) electrons. The molecule has 3 aromatic carbocycles. The molecule has 1 amide bonds. The molecule has 5 rings (SSSR count). The second kappa shape index (κ2) is 9.90. The zero-order valence-electron chi connectivity index (χ0n) is 20.8. The number of nitrogens with one attached hydrogen (secondary N) is 1. The van der Waals surface area contributed by atoms with Crippen LogP contribution in [0.2, 0.25) is 0 Å². The molecule has 11 heteroatoms. The number of amides is 1. The van der Waals surface area contributed by atoms with Crippen molar-refractivity contribution < 1.29 is 32.1 Å². The fourth-order valence-electron chi connectivity index (χ4n) is 4.64. The number of nitrogens with zero attached hydrogens (tertiary/aromatic N) is 1. The largest absolute Gasteiger partial charge is 0.488 e. The summed E-state index contributed by atoms with van der Waals surface area (Å²) in [5, 5.41) is 22.3. The van der Waals surface area contributed by atoms with Gasteiger partial charge in [0.15, 0.2) is 0 Å². The van der Waals surface area contributed by atoms with Crippen LogP contribution >= 0.6 is 0 Å². The van der Waals surface area contributed by atoms with Gasteiger partial charge in [-0.05, 0) is 65.7 Å². The van der Waals surface area contributed by atoms with E-state index in [2.05, 4.69) is 5.32 Å². The van der Waals surface area contributed by atoms with E-state index in [9.17, 15) is 27.7 Å². The molecule has 1 aromatic heterocycles. The number of fused-ring (bicyclic) bond motifs is 1. The summed E-state index contributed by atoms with van der Waals surface area (Å²) in [6.45, 7) is -0.0432.